The normalized spacial score (nSPS) is 11.7. The average molecular weight is 929 g/mol. The molecule has 0 unspecified atom stereocenters. The summed E-state index contributed by atoms with van der Waals surface area (Å²) < 4.78 is 22.8. The van der Waals surface area contributed by atoms with E-state index in [2.05, 4.69) is 110 Å². The molecule has 0 aliphatic heterocycles. The van der Waals surface area contributed by atoms with Crippen LogP contribution in [0.2, 0.25) is 19.6 Å². The number of pyridine rings is 2. The Balaban J connectivity index is 0.000000238. The summed E-state index contributed by atoms with van der Waals surface area (Å²) >= 11 is 0. The molecule has 9 rings (SSSR count). The van der Waals surface area contributed by atoms with Gasteiger partial charge in [0.05, 0.1) is 30.5 Å². The third-order valence-corrected chi connectivity index (χ3v) is 11.9. The molecule has 1 radical (unpaired) electrons. The molecule has 56 heavy (non-hydrogen) atoms. The number of rotatable bonds is 5. The Labute approximate surface area is 341 Å². The van der Waals surface area contributed by atoms with Gasteiger partial charge in [0.2, 0.25) is 0 Å². The van der Waals surface area contributed by atoms with E-state index >= 15 is 0 Å². The second-order valence-electron chi connectivity index (χ2n) is 15.8. The zero-order chi connectivity index (χ0) is 38.3. The molecule has 0 amide bonds. The van der Waals surface area contributed by atoms with Gasteiger partial charge in [-0.25, -0.2) is 4.39 Å². The summed E-state index contributed by atoms with van der Waals surface area (Å²) in [7, 11) is -1.23. The van der Waals surface area contributed by atoms with Gasteiger partial charge in [0.1, 0.15) is 11.4 Å². The van der Waals surface area contributed by atoms with Gasteiger partial charge >= 0.3 is 0 Å². The van der Waals surface area contributed by atoms with Gasteiger partial charge in [-0.1, -0.05) is 99.9 Å². The Morgan fingerprint density at radius 2 is 1.57 bits per heavy atom. The number of imidazole rings is 1. The Kier molecular flexibility index (Phi) is 10.7. The standard InChI is InChI=1S/C34H25FN3O.C14H16NSi.Ir/c1-34(2,3)22-12-14-29(26(18-22)21-8-5-4-6-9-21)38-30-15-13-23(35)19-28(30)37-33(38)25-11-7-10-24-27-20-36-17-16-31(27)39-32(24)25;1-16(2,3)13-9-10-14(15-11-13)12-7-5-4-6-8-12;/h4-10,12-20H,1-3H3;4-7,9-11H,1-3H3;/q2*-1;. The first-order valence-corrected chi connectivity index (χ1v) is 21.9. The van der Waals surface area contributed by atoms with Crippen molar-refractivity contribution in [2.45, 2.75) is 45.8 Å². The molecule has 4 aromatic heterocycles. The van der Waals surface area contributed by atoms with E-state index in [0.717, 1.165) is 49.9 Å². The third kappa shape index (κ3) is 7.65. The molecular weight excluding hydrogens is 888 g/mol. The summed E-state index contributed by atoms with van der Waals surface area (Å²) in [5.74, 6) is 0.302. The van der Waals surface area contributed by atoms with Crippen LogP contribution in [0.3, 0.4) is 0 Å². The fourth-order valence-corrected chi connectivity index (χ4v) is 7.85. The number of benzene rings is 5. The van der Waals surface area contributed by atoms with Crippen molar-refractivity contribution in [1.29, 1.82) is 0 Å². The first-order chi connectivity index (χ1) is 26.5. The van der Waals surface area contributed by atoms with E-state index < -0.39 is 8.07 Å². The fourth-order valence-electron chi connectivity index (χ4n) is 6.81. The van der Waals surface area contributed by atoms with Crippen LogP contribution in [-0.2, 0) is 25.5 Å². The third-order valence-electron chi connectivity index (χ3n) is 9.88. The monoisotopic (exact) mass is 929 g/mol. The van der Waals surface area contributed by atoms with Crippen LogP contribution in [-0.4, -0.2) is 27.6 Å². The molecule has 0 spiro atoms. The van der Waals surface area contributed by atoms with Gasteiger partial charge in [-0.2, -0.15) is 0 Å². The van der Waals surface area contributed by atoms with E-state index in [0.29, 0.717) is 22.5 Å². The molecule has 281 valence electrons. The summed E-state index contributed by atoms with van der Waals surface area (Å²) in [5, 5.41) is 3.26. The molecular formula is C48H41FIrN4OSi-2. The number of hydrogen-bond acceptors (Lipinski definition) is 4. The van der Waals surface area contributed by atoms with Crippen LogP contribution in [0.15, 0.2) is 144 Å². The van der Waals surface area contributed by atoms with Gasteiger partial charge in [-0.3, -0.25) is 9.97 Å². The van der Waals surface area contributed by atoms with Crippen LogP contribution >= 0.6 is 0 Å². The Bertz CT molecular complexity index is 2780. The zero-order valence-electron chi connectivity index (χ0n) is 32.2. The average Bonchev–Trinajstić information content (AvgIpc) is 3.76. The quantitative estimate of drug-likeness (QED) is 0.127. The fraction of sp³-hybridized carbons (Fsp3) is 0.146. The smallest absolute Gasteiger partial charge is 0.125 e. The van der Waals surface area contributed by atoms with Crippen molar-refractivity contribution in [2.75, 3.05) is 0 Å². The predicted molar refractivity (Wildman–Crippen MR) is 226 cm³/mol. The van der Waals surface area contributed by atoms with Crippen molar-refractivity contribution >= 4 is 46.2 Å². The maximum absolute atomic E-state index is 14.4. The van der Waals surface area contributed by atoms with E-state index in [9.17, 15) is 4.39 Å². The minimum atomic E-state index is -1.23. The molecule has 0 N–H and O–H groups in total. The number of fused-ring (bicyclic) bond motifs is 4. The second-order valence-corrected chi connectivity index (χ2v) is 20.9. The van der Waals surface area contributed by atoms with E-state index in [1.165, 1.54) is 22.9 Å². The maximum atomic E-state index is 14.4. The van der Waals surface area contributed by atoms with Crippen LogP contribution in [0, 0.1) is 17.9 Å². The number of nitrogens with zero attached hydrogens (tertiary/aromatic N) is 4. The van der Waals surface area contributed by atoms with Gasteiger partial charge in [-0.15, -0.1) is 54.1 Å². The first kappa shape index (κ1) is 38.7. The summed E-state index contributed by atoms with van der Waals surface area (Å²) in [4.78, 5) is 13.8. The molecule has 0 bridgehead atoms. The Morgan fingerprint density at radius 1 is 0.768 bits per heavy atom. The van der Waals surface area contributed by atoms with Crippen LogP contribution in [0.5, 0.6) is 0 Å². The topological polar surface area (TPSA) is 56.7 Å². The van der Waals surface area contributed by atoms with E-state index in [1.54, 1.807) is 12.3 Å². The zero-order valence-corrected chi connectivity index (χ0v) is 35.6. The summed E-state index contributed by atoms with van der Waals surface area (Å²) in [5.41, 5.74) is 9.83. The molecule has 5 aromatic carbocycles. The molecule has 9 aromatic rings. The van der Waals surface area contributed by atoms with Crippen molar-refractivity contribution in [1.82, 2.24) is 19.5 Å². The summed E-state index contributed by atoms with van der Waals surface area (Å²) in [6.07, 6.45) is 5.54. The molecule has 5 nitrogen and oxygen atoms in total. The van der Waals surface area contributed by atoms with E-state index in [-0.39, 0.29) is 31.3 Å². The number of halogens is 1. The molecule has 0 fully saturated rings. The summed E-state index contributed by atoms with van der Waals surface area (Å²) in [6, 6.07) is 46.2. The largest absolute Gasteiger partial charge is 0.500 e. The van der Waals surface area contributed by atoms with Crippen LogP contribution < -0.4 is 5.19 Å². The number of hydrogen-bond donors (Lipinski definition) is 0. The molecule has 4 heterocycles. The van der Waals surface area contributed by atoms with Gasteiger partial charge in [-0.05, 0) is 57.8 Å². The van der Waals surface area contributed by atoms with Crippen molar-refractivity contribution in [3.63, 3.8) is 0 Å². The Hall–Kier alpha value is -5.53. The van der Waals surface area contributed by atoms with Gasteiger partial charge in [0.25, 0.3) is 0 Å². The van der Waals surface area contributed by atoms with Gasteiger partial charge in [0, 0.05) is 61.4 Å². The molecule has 0 aliphatic rings. The molecule has 8 heteroatoms. The molecule has 0 saturated heterocycles. The van der Waals surface area contributed by atoms with Crippen LogP contribution in [0.1, 0.15) is 26.3 Å². The van der Waals surface area contributed by atoms with Crippen molar-refractivity contribution in [2.24, 2.45) is 0 Å². The van der Waals surface area contributed by atoms with E-state index in [1.807, 2.05) is 73.1 Å². The maximum Gasteiger partial charge on any atom is 0.125 e. The van der Waals surface area contributed by atoms with Gasteiger partial charge < -0.3 is 14.0 Å². The van der Waals surface area contributed by atoms with Crippen LogP contribution in [0.4, 0.5) is 4.39 Å². The molecule has 0 saturated carbocycles. The number of furan rings is 1. The minimum absolute atomic E-state index is 0. The van der Waals surface area contributed by atoms with Crippen molar-refractivity contribution in [3.05, 3.63) is 163 Å². The minimum Gasteiger partial charge on any atom is -0.500 e. The second kappa shape index (κ2) is 15.5. The molecule has 0 aliphatic carbocycles. The SMILES string of the molecule is CC(C)(C)c1ccc(-n2c(-c3[c-]ccc4c3oc3ccncc34)nc3cc(F)ccc32)c(-c2ccccc2)c1.C[Si](C)(C)c1ccc(-c2[c-]cccc2)nc1.[Ir]. The van der Waals surface area contributed by atoms with E-state index in [4.69, 9.17) is 9.40 Å². The summed E-state index contributed by atoms with van der Waals surface area (Å²) in [6.45, 7) is 13.6. The van der Waals surface area contributed by atoms with Crippen molar-refractivity contribution in [3.8, 4) is 39.5 Å². The predicted octanol–water partition coefficient (Wildman–Crippen LogP) is 12.0. The first-order valence-electron chi connectivity index (χ1n) is 18.4. The Morgan fingerprint density at radius 3 is 2.29 bits per heavy atom. The van der Waals surface area contributed by atoms with Gasteiger partial charge in [0.15, 0.2) is 0 Å². The van der Waals surface area contributed by atoms with Crippen molar-refractivity contribution < 1.29 is 28.9 Å². The molecule has 0 atom stereocenters. The van der Waals surface area contributed by atoms with Crippen LogP contribution in [0.25, 0.3) is 72.4 Å². The number of aromatic nitrogens is 4.